The maximum Gasteiger partial charge on any atom is 0.221 e. The Balaban J connectivity index is 1.52. The van der Waals surface area contributed by atoms with Gasteiger partial charge in [0.05, 0.1) is 19.5 Å². The number of ether oxygens (including phenoxy) is 1. The van der Waals surface area contributed by atoms with Gasteiger partial charge in [0.25, 0.3) is 0 Å². The van der Waals surface area contributed by atoms with E-state index >= 15 is 0 Å². The highest BCUT2D eigenvalue weighted by Crippen LogP contribution is 2.29. The number of aromatic nitrogens is 4. The maximum absolute atomic E-state index is 5.59. The van der Waals surface area contributed by atoms with Crippen LogP contribution in [0.4, 0.5) is 0 Å². The maximum atomic E-state index is 5.59. The van der Waals surface area contributed by atoms with Crippen LogP contribution in [0.3, 0.4) is 0 Å². The highest BCUT2D eigenvalue weighted by atomic mass is 32.1. The number of rotatable bonds is 7. The Morgan fingerprint density at radius 1 is 1.08 bits per heavy atom. The zero-order valence-electron chi connectivity index (χ0n) is 14.7. The second-order valence-electron chi connectivity index (χ2n) is 6.48. The Kier molecular flexibility index (Phi) is 4.81. The van der Waals surface area contributed by atoms with Gasteiger partial charge in [-0.05, 0) is 65.3 Å². The molecule has 4 rings (SSSR count). The predicted octanol–water partition coefficient (Wildman–Crippen LogP) is 3.43. The minimum atomic E-state index is 0.584. The molecule has 134 valence electrons. The third kappa shape index (κ3) is 3.68. The molecule has 1 aromatic heterocycles. The first-order chi connectivity index (χ1) is 12.7. The topological polar surface area (TPSA) is 48.1 Å². The van der Waals surface area contributed by atoms with E-state index in [2.05, 4.69) is 27.5 Å². The highest BCUT2D eigenvalue weighted by Gasteiger charge is 2.29. The van der Waals surface area contributed by atoms with Gasteiger partial charge >= 0.3 is 0 Å². The molecule has 0 unspecified atom stereocenters. The molecular weight excluding hydrogens is 346 g/mol. The fourth-order valence-electron chi connectivity index (χ4n) is 2.97. The second-order valence-corrected chi connectivity index (χ2v) is 6.84. The van der Waals surface area contributed by atoms with E-state index in [1.165, 1.54) is 18.4 Å². The average molecular weight is 367 g/mol. The fourth-order valence-corrected chi connectivity index (χ4v) is 3.20. The first-order valence-corrected chi connectivity index (χ1v) is 9.10. The number of methoxy groups -OCH3 is 1. The molecule has 0 amide bonds. The van der Waals surface area contributed by atoms with Gasteiger partial charge in [-0.3, -0.25) is 4.90 Å². The Morgan fingerprint density at radius 3 is 2.46 bits per heavy atom. The lowest BCUT2D eigenvalue weighted by atomic mass is 10.2. The molecule has 7 heteroatoms. The molecule has 0 saturated heterocycles. The molecule has 1 aliphatic rings. The summed E-state index contributed by atoms with van der Waals surface area (Å²) in [5.74, 6) is 0.875. The Bertz CT molecular complexity index is 915. The summed E-state index contributed by atoms with van der Waals surface area (Å²) in [5, 5.41) is 8.51. The van der Waals surface area contributed by atoms with Crippen LogP contribution in [0.2, 0.25) is 0 Å². The van der Waals surface area contributed by atoms with Crippen molar-refractivity contribution in [1.82, 2.24) is 24.7 Å². The van der Waals surface area contributed by atoms with Crippen LogP contribution in [-0.4, -0.2) is 37.8 Å². The number of hydrogen-bond donors (Lipinski definition) is 0. The molecule has 0 aliphatic heterocycles. The Hall–Kier alpha value is -2.51. The summed E-state index contributed by atoms with van der Waals surface area (Å²) >= 11 is 5.59. The van der Waals surface area contributed by atoms with Crippen molar-refractivity contribution < 1.29 is 4.74 Å². The molecule has 1 saturated carbocycles. The van der Waals surface area contributed by atoms with Crippen molar-refractivity contribution in [2.75, 3.05) is 7.11 Å². The van der Waals surface area contributed by atoms with Crippen molar-refractivity contribution >= 4 is 12.2 Å². The van der Waals surface area contributed by atoms with Crippen LogP contribution in [0.15, 0.2) is 54.6 Å². The Labute approximate surface area is 157 Å². The number of para-hydroxylation sites is 1. The molecule has 3 aromatic rings. The molecule has 0 spiro atoms. The molecule has 0 atom stereocenters. The third-order valence-corrected chi connectivity index (χ3v) is 4.95. The van der Waals surface area contributed by atoms with Crippen molar-refractivity contribution in [2.45, 2.75) is 32.1 Å². The van der Waals surface area contributed by atoms with Crippen LogP contribution in [-0.2, 0) is 13.2 Å². The van der Waals surface area contributed by atoms with Gasteiger partial charge in [-0.15, -0.1) is 0 Å². The van der Waals surface area contributed by atoms with Crippen LogP contribution < -0.4 is 4.74 Å². The zero-order chi connectivity index (χ0) is 17.9. The van der Waals surface area contributed by atoms with Gasteiger partial charge in [0.2, 0.25) is 4.77 Å². The van der Waals surface area contributed by atoms with E-state index in [1.807, 2.05) is 42.5 Å². The standard InChI is InChI=1S/C19H21N5OS/c1-25-18-11-7-15(8-12-18)13-22(16-9-10-16)14-23-19(26)24(21-20-23)17-5-3-2-4-6-17/h2-8,11-12,16H,9-10,13-14H2,1H3. The van der Waals surface area contributed by atoms with E-state index < -0.39 is 0 Å². The SMILES string of the molecule is COc1ccc(CN(Cn2nnn(-c3ccccc3)c2=S)C2CC2)cc1. The van der Waals surface area contributed by atoms with Gasteiger partial charge in [-0.1, -0.05) is 30.3 Å². The molecule has 1 heterocycles. The van der Waals surface area contributed by atoms with E-state index in [0.29, 0.717) is 17.5 Å². The largest absolute Gasteiger partial charge is 0.497 e. The van der Waals surface area contributed by atoms with Crippen molar-refractivity contribution in [1.29, 1.82) is 0 Å². The second kappa shape index (κ2) is 7.39. The summed E-state index contributed by atoms with van der Waals surface area (Å²) in [4.78, 5) is 2.40. The normalized spacial score (nSPS) is 13.9. The minimum Gasteiger partial charge on any atom is -0.497 e. The molecule has 0 N–H and O–H groups in total. The van der Waals surface area contributed by atoms with Crippen molar-refractivity contribution in [2.24, 2.45) is 0 Å². The van der Waals surface area contributed by atoms with E-state index in [-0.39, 0.29) is 0 Å². The number of benzene rings is 2. The molecule has 1 aliphatic carbocycles. The van der Waals surface area contributed by atoms with Gasteiger partial charge in [0, 0.05) is 12.6 Å². The van der Waals surface area contributed by atoms with E-state index in [4.69, 9.17) is 17.0 Å². The first kappa shape index (κ1) is 16.9. The highest BCUT2D eigenvalue weighted by molar-refractivity contribution is 7.71. The minimum absolute atomic E-state index is 0.584. The van der Waals surface area contributed by atoms with Crippen molar-refractivity contribution in [3.05, 3.63) is 64.9 Å². The number of tetrazole rings is 1. The first-order valence-electron chi connectivity index (χ1n) is 8.70. The fraction of sp³-hybridized carbons (Fsp3) is 0.316. The zero-order valence-corrected chi connectivity index (χ0v) is 15.5. The van der Waals surface area contributed by atoms with E-state index in [0.717, 1.165) is 18.0 Å². The van der Waals surface area contributed by atoms with E-state index in [9.17, 15) is 0 Å². The molecule has 0 bridgehead atoms. The van der Waals surface area contributed by atoms with Gasteiger partial charge in [-0.2, -0.15) is 4.68 Å². The molecule has 1 fully saturated rings. The lowest BCUT2D eigenvalue weighted by molar-refractivity contribution is 0.185. The third-order valence-electron chi connectivity index (χ3n) is 4.56. The summed E-state index contributed by atoms with van der Waals surface area (Å²) in [6, 6.07) is 18.7. The van der Waals surface area contributed by atoms with Crippen LogP contribution >= 0.6 is 12.2 Å². The summed E-state index contributed by atoms with van der Waals surface area (Å²) in [6.07, 6.45) is 2.44. The quantitative estimate of drug-likeness (QED) is 0.599. The van der Waals surface area contributed by atoms with Crippen molar-refractivity contribution in [3.8, 4) is 11.4 Å². The van der Waals surface area contributed by atoms with Gasteiger partial charge in [-0.25, -0.2) is 4.68 Å². The summed E-state index contributed by atoms with van der Waals surface area (Å²) in [7, 11) is 1.68. The molecule has 26 heavy (non-hydrogen) atoms. The van der Waals surface area contributed by atoms with Crippen LogP contribution in [0.1, 0.15) is 18.4 Å². The predicted molar refractivity (Wildman–Crippen MR) is 102 cm³/mol. The molecule has 6 nitrogen and oxygen atoms in total. The van der Waals surface area contributed by atoms with Gasteiger partial charge < -0.3 is 4.74 Å². The molecular formula is C19H21N5OS. The number of hydrogen-bond acceptors (Lipinski definition) is 5. The van der Waals surface area contributed by atoms with E-state index in [1.54, 1.807) is 16.5 Å². The molecule has 2 aromatic carbocycles. The van der Waals surface area contributed by atoms with Crippen molar-refractivity contribution in [3.63, 3.8) is 0 Å². The lowest BCUT2D eigenvalue weighted by Crippen LogP contribution is -2.29. The lowest BCUT2D eigenvalue weighted by Gasteiger charge is -2.21. The summed E-state index contributed by atoms with van der Waals surface area (Å²) < 4.78 is 9.34. The summed E-state index contributed by atoms with van der Waals surface area (Å²) in [6.45, 7) is 1.50. The van der Waals surface area contributed by atoms with Crippen LogP contribution in [0.25, 0.3) is 5.69 Å². The summed E-state index contributed by atoms with van der Waals surface area (Å²) in [5.41, 5.74) is 2.18. The average Bonchev–Trinajstić information content (AvgIpc) is 3.47. The van der Waals surface area contributed by atoms with Crippen LogP contribution in [0.5, 0.6) is 5.75 Å². The van der Waals surface area contributed by atoms with Crippen LogP contribution in [0, 0.1) is 4.77 Å². The van der Waals surface area contributed by atoms with Gasteiger partial charge in [0.1, 0.15) is 5.75 Å². The molecule has 0 radical (unpaired) electrons. The monoisotopic (exact) mass is 367 g/mol. The Morgan fingerprint density at radius 2 is 1.81 bits per heavy atom. The number of nitrogens with zero attached hydrogens (tertiary/aromatic N) is 5. The smallest absolute Gasteiger partial charge is 0.221 e. The van der Waals surface area contributed by atoms with Gasteiger partial charge in [0.15, 0.2) is 0 Å².